The summed E-state index contributed by atoms with van der Waals surface area (Å²) in [6, 6.07) is 3.83. The zero-order valence-electron chi connectivity index (χ0n) is 17.1. The third-order valence-corrected chi connectivity index (χ3v) is 5.77. The summed E-state index contributed by atoms with van der Waals surface area (Å²) in [5.74, 6) is 0.00977. The van der Waals surface area contributed by atoms with Crippen LogP contribution in [0.15, 0.2) is 24.3 Å². The topological polar surface area (TPSA) is 43.4 Å². The van der Waals surface area contributed by atoms with E-state index in [2.05, 4.69) is 0 Å². The Morgan fingerprint density at radius 3 is 2.67 bits per heavy atom. The Kier molecular flexibility index (Phi) is 9.40. The third-order valence-electron chi connectivity index (χ3n) is 5.44. The van der Waals surface area contributed by atoms with Gasteiger partial charge in [-0.15, -0.1) is 0 Å². The fourth-order valence-corrected chi connectivity index (χ4v) is 4.08. The van der Waals surface area contributed by atoms with Crippen LogP contribution in [0.25, 0.3) is 6.08 Å². The van der Waals surface area contributed by atoms with Gasteiger partial charge in [-0.25, -0.2) is 0 Å². The summed E-state index contributed by atoms with van der Waals surface area (Å²) in [6.07, 6.45) is 4.95. The van der Waals surface area contributed by atoms with Crippen LogP contribution in [0.4, 0.5) is 13.2 Å². The molecule has 0 aliphatic heterocycles. The molecular formula is C23H28ClF3O3. The van der Waals surface area contributed by atoms with E-state index in [0.29, 0.717) is 25.0 Å². The molecule has 2 rings (SSSR count). The molecule has 3 nitrogen and oxygen atoms in total. The molecule has 0 radical (unpaired) electrons. The van der Waals surface area contributed by atoms with E-state index in [1.165, 1.54) is 6.07 Å². The highest BCUT2D eigenvalue weighted by Gasteiger charge is 2.34. The van der Waals surface area contributed by atoms with Gasteiger partial charge in [0.25, 0.3) is 0 Å². The largest absolute Gasteiger partial charge is 0.466 e. The standard InChI is InChI=1S/C23H28ClF3O3/c1-2-30-22(29)8-6-4-3-5-7-18-17(12-14-21(18)28)11-9-16-10-13-20(24)19(15-16)23(25,26)27/h9-11,13,15,17-18H,2-8,12,14H2,1H3/t17-,18+/m1/s1. The fourth-order valence-electron chi connectivity index (χ4n) is 3.86. The van der Waals surface area contributed by atoms with Gasteiger partial charge in [0, 0.05) is 18.8 Å². The smallest absolute Gasteiger partial charge is 0.417 e. The van der Waals surface area contributed by atoms with E-state index in [9.17, 15) is 22.8 Å². The molecule has 7 heteroatoms. The number of alkyl halides is 3. The maximum Gasteiger partial charge on any atom is 0.417 e. The molecule has 1 saturated carbocycles. The monoisotopic (exact) mass is 444 g/mol. The van der Waals surface area contributed by atoms with Gasteiger partial charge in [-0.1, -0.05) is 49.1 Å². The maximum absolute atomic E-state index is 13.0. The number of rotatable bonds is 10. The zero-order valence-corrected chi connectivity index (χ0v) is 17.9. The van der Waals surface area contributed by atoms with Gasteiger partial charge in [0.05, 0.1) is 17.2 Å². The van der Waals surface area contributed by atoms with E-state index < -0.39 is 11.7 Å². The first kappa shape index (κ1) is 24.4. The SMILES string of the molecule is CCOC(=O)CCCCCC[C@@H]1C(=O)CC[C@H]1C=Cc1ccc(Cl)c(C(F)(F)F)c1. The van der Waals surface area contributed by atoms with Crippen molar-refractivity contribution in [3.8, 4) is 0 Å². The number of unbranched alkanes of at least 4 members (excludes halogenated alkanes) is 3. The number of hydrogen-bond donors (Lipinski definition) is 0. The number of halogens is 4. The van der Waals surface area contributed by atoms with Crippen molar-refractivity contribution in [2.45, 2.75) is 64.5 Å². The molecule has 1 aromatic carbocycles. The Labute approximate surface area is 180 Å². The molecule has 1 aromatic rings. The van der Waals surface area contributed by atoms with E-state index in [-0.39, 0.29) is 28.6 Å². The normalized spacial score (nSPS) is 19.6. The summed E-state index contributed by atoms with van der Waals surface area (Å²) in [7, 11) is 0. The molecule has 30 heavy (non-hydrogen) atoms. The van der Waals surface area contributed by atoms with Gasteiger partial charge >= 0.3 is 12.1 Å². The second-order valence-corrected chi connectivity index (χ2v) is 8.04. The van der Waals surface area contributed by atoms with Crippen molar-refractivity contribution in [1.29, 1.82) is 0 Å². The lowest BCUT2D eigenvalue weighted by atomic mass is 9.89. The molecule has 166 valence electrons. The molecular weight excluding hydrogens is 417 g/mol. The lowest BCUT2D eigenvalue weighted by Crippen LogP contribution is -2.13. The molecule has 2 atom stereocenters. The summed E-state index contributed by atoms with van der Waals surface area (Å²) in [5.41, 5.74) is -0.433. The van der Waals surface area contributed by atoms with Crippen molar-refractivity contribution in [2.75, 3.05) is 6.61 Å². The molecule has 0 bridgehead atoms. The lowest BCUT2D eigenvalue weighted by molar-refractivity contribution is -0.143. The van der Waals surface area contributed by atoms with Crippen molar-refractivity contribution >= 4 is 29.4 Å². The number of Topliss-reactive ketones (excluding diaryl/α,β-unsaturated/α-hetero) is 1. The predicted octanol–water partition coefficient (Wildman–Crippen LogP) is 6.87. The minimum Gasteiger partial charge on any atom is -0.466 e. The molecule has 0 aromatic heterocycles. The number of benzene rings is 1. The van der Waals surface area contributed by atoms with Crippen LogP contribution in [0.3, 0.4) is 0 Å². The molecule has 0 N–H and O–H groups in total. The molecule has 0 unspecified atom stereocenters. The van der Waals surface area contributed by atoms with Crippen LogP contribution in [-0.4, -0.2) is 18.4 Å². The Morgan fingerprint density at radius 1 is 1.23 bits per heavy atom. The minimum absolute atomic E-state index is 0.0436. The van der Waals surface area contributed by atoms with E-state index in [4.69, 9.17) is 16.3 Å². The van der Waals surface area contributed by atoms with Gasteiger partial charge in [-0.3, -0.25) is 9.59 Å². The van der Waals surface area contributed by atoms with Crippen molar-refractivity contribution in [3.63, 3.8) is 0 Å². The van der Waals surface area contributed by atoms with Crippen molar-refractivity contribution < 1.29 is 27.5 Å². The first-order valence-corrected chi connectivity index (χ1v) is 10.8. The molecule has 0 heterocycles. The third kappa shape index (κ3) is 7.46. The highest BCUT2D eigenvalue weighted by atomic mass is 35.5. The van der Waals surface area contributed by atoms with E-state index >= 15 is 0 Å². The number of hydrogen-bond acceptors (Lipinski definition) is 3. The van der Waals surface area contributed by atoms with Crippen molar-refractivity contribution in [1.82, 2.24) is 0 Å². The second kappa shape index (κ2) is 11.5. The second-order valence-electron chi connectivity index (χ2n) is 7.63. The number of esters is 1. The highest BCUT2D eigenvalue weighted by Crippen LogP contribution is 2.37. The Morgan fingerprint density at radius 2 is 1.97 bits per heavy atom. The summed E-state index contributed by atoms with van der Waals surface area (Å²) in [6.45, 7) is 2.18. The van der Waals surface area contributed by atoms with Crippen LogP contribution in [0, 0.1) is 11.8 Å². The van der Waals surface area contributed by atoms with E-state index in [0.717, 1.165) is 44.6 Å². The molecule has 1 aliphatic rings. The summed E-state index contributed by atoms with van der Waals surface area (Å²) >= 11 is 5.66. The van der Waals surface area contributed by atoms with Crippen LogP contribution in [-0.2, 0) is 20.5 Å². The maximum atomic E-state index is 13.0. The highest BCUT2D eigenvalue weighted by molar-refractivity contribution is 6.31. The predicted molar refractivity (Wildman–Crippen MR) is 111 cm³/mol. The zero-order chi connectivity index (χ0) is 22.1. The van der Waals surface area contributed by atoms with Crippen LogP contribution < -0.4 is 0 Å². The Hall–Kier alpha value is -1.82. The molecule has 1 aliphatic carbocycles. The first-order chi connectivity index (χ1) is 14.2. The van der Waals surface area contributed by atoms with Crippen LogP contribution in [0.2, 0.25) is 5.02 Å². The quantitative estimate of drug-likeness (QED) is 0.292. The molecule has 1 fully saturated rings. The molecule has 0 amide bonds. The van der Waals surface area contributed by atoms with Crippen molar-refractivity contribution in [2.24, 2.45) is 11.8 Å². The molecule has 0 spiro atoms. The number of ether oxygens (including phenoxy) is 1. The summed E-state index contributed by atoms with van der Waals surface area (Å²) in [5, 5.41) is -0.323. The van der Waals surface area contributed by atoms with Gasteiger partial charge in [0.15, 0.2) is 0 Å². The number of carbonyl (C=O) groups is 2. The Balaban J connectivity index is 1.86. The van der Waals surface area contributed by atoms with E-state index in [1.54, 1.807) is 19.1 Å². The van der Waals surface area contributed by atoms with Crippen molar-refractivity contribution in [3.05, 3.63) is 40.4 Å². The molecule has 0 saturated heterocycles. The lowest BCUT2D eigenvalue weighted by Gasteiger charge is -2.15. The van der Waals surface area contributed by atoms with Gasteiger partial charge in [0.1, 0.15) is 5.78 Å². The minimum atomic E-state index is -4.50. The first-order valence-electron chi connectivity index (χ1n) is 10.5. The average Bonchev–Trinajstić information content (AvgIpc) is 3.03. The fraction of sp³-hybridized carbons (Fsp3) is 0.565. The Bertz CT molecular complexity index is 759. The van der Waals surface area contributed by atoms with Gasteiger partial charge < -0.3 is 4.74 Å². The summed E-state index contributed by atoms with van der Waals surface area (Å²) in [4.78, 5) is 23.6. The van der Waals surface area contributed by atoms with E-state index in [1.807, 2.05) is 6.08 Å². The van der Waals surface area contributed by atoms with Gasteiger partial charge in [-0.05, 0) is 49.8 Å². The summed E-state index contributed by atoms with van der Waals surface area (Å²) < 4.78 is 43.9. The van der Waals surface area contributed by atoms with Crippen LogP contribution in [0.5, 0.6) is 0 Å². The van der Waals surface area contributed by atoms with Crippen LogP contribution in [0.1, 0.15) is 69.4 Å². The average molecular weight is 445 g/mol. The van der Waals surface area contributed by atoms with Gasteiger partial charge in [-0.2, -0.15) is 13.2 Å². The number of carbonyl (C=O) groups excluding carboxylic acids is 2. The number of ketones is 1. The number of allylic oxidation sites excluding steroid dienone is 1. The van der Waals surface area contributed by atoms with Crippen LogP contribution >= 0.6 is 11.6 Å². The van der Waals surface area contributed by atoms with Gasteiger partial charge in [0.2, 0.25) is 0 Å².